The monoisotopic (exact) mass is 281 g/mol. The van der Waals surface area contributed by atoms with Crippen molar-refractivity contribution in [2.24, 2.45) is 5.10 Å². The first-order valence-corrected chi connectivity index (χ1v) is 6.95. The van der Waals surface area contributed by atoms with Crippen molar-refractivity contribution in [1.29, 1.82) is 0 Å². The summed E-state index contributed by atoms with van der Waals surface area (Å²) in [7, 11) is 0. The topological polar surface area (TPSA) is 108 Å². The van der Waals surface area contributed by atoms with Crippen molar-refractivity contribution in [1.82, 2.24) is 10.7 Å². The van der Waals surface area contributed by atoms with E-state index in [1.807, 2.05) is 0 Å². The second-order valence-corrected chi connectivity index (χ2v) is 5.35. The van der Waals surface area contributed by atoms with Crippen molar-refractivity contribution in [2.75, 3.05) is 0 Å². The molecule has 3 N–H and O–H groups in total. The largest absolute Gasteiger partial charge is 0.480 e. The first kappa shape index (κ1) is 14.5. The summed E-state index contributed by atoms with van der Waals surface area (Å²) in [5.41, 5.74) is 1.24. The van der Waals surface area contributed by atoms with Gasteiger partial charge >= 0.3 is 5.97 Å². The average Bonchev–Trinajstić information content (AvgIpc) is 2.66. The summed E-state index contributed by atoms with van der Waals surface area (Å²) in [5.74, 6) is -1.72. The molecule has 0 bridgehead atoms. The zero-order chi connectivity index (χ0) is 14.6. The predicted molar refractivity (Wildman–Crippen MR) is 71.0 cm³/mol. The van der Waals surface area contributed by atoms with Crippen molar-refractivity contribution >= 4 is 23.5 Å². The molecular weight excluding hydrogens is 262 g/mol. The molecule has 20 heavy (non-hydrogen) atoms. The highest BCUT2D eigenvalue weighted by molar-refractivity contribution is 6.40. The third-order valence-corrected chi connectivity index (χ3v) is 3.89. The van der Waals surface area contributed by atoms with E-state index in [1.54, 1.807) is 0 Å². The van der Waals surface area contributed by atoms with Gasteiger partial charge in [0.2, 0.25) is 5.91 Å². The average molecular weight is 281 g/mol. The Morgan fingerprint density at radius 2 is 1.80 bits per heavy atom. The summed E-state index contributed by atoms with van der Waals surface area (Å²) < 4.78 is 0. The van der Waals surface area contributed by atoms with Crippen LogP contribution < -0.4 is 10.7 Å². The van der Waals surface area contributed by atoms with Crippen molar-refractivity contribution in [3.8, 4) is 0 Å². The fourth-order valence-corrected chi connectivity index (χ4v) is 2.65. The molecule has 0 aromatic carbocycles. The molecule has 0 aromatic rings. The molecule has 0 unspecified atom stereocenters. The number of nitrogens with zero attached hydrogens (tertiary/aromatic N) is 1. The Labute approximate surface area is 116 Å². The van der Waals surface area contributed by atoms with Crippen LogP contribution in [0.15, 0.2) is 5.10 Å². The Morgan fingerprint density at radius 3 is 2.30 bits per heavy atom. The lowest BCUT2D eigenvalue weighted by molar-refractivity contribution is -0.147. The van der Waals surface area contributed by atoms with Crippen LogP contribution in [0.3, 0.4) is 0 Å². The predicted octanol–water partition coefficient (Wildman–Crippen LogP) is 0.546. The smallest absolute Gasteiger partial charge is 0.329 e. The molecule has 1 fully saturated rings. The molecule has 0 radical (unpaired) electrons. The van der Waals surface area contributed by atoms with Crippen LogP contribution in [0.1, 0.15) is 51.4 Å². The second-order valence-electron chi connectivity index (χ2n) is 5.35. The molecule has 0 saturated heterocycles. The number of amides is 2. The normalized spacial score (nSPS) is 22.2. The van der Waals surface area contributed by atoms with Gasteiger partial charge in [-0.25, -0.2) is 10.2 Å². The lowest BCUT2D eigenvalue weighted by atomic mass is 9.90. The van der Waals surface area contributed by atoms with Crippen molar-refractivity contribution in [2.45, 2.75) is 56.9 Å². The molecule has 2 aliphatic rings. The van der Waals surface area contributed by atoms with Crippen LogP contribution in [-0.4, -0.2) is 34.1 Å². The zero-order valence-electron chi connectivity index (χ0n) is 11.3. The van der Waals surface area contributed by atoms with E-state index in [1.165, 1.54) is 0 Å². The fraction of sp³-hybridized carbons (Fsp3) is 0.692. The third-order valence-electron chi connectivity index (χ3n) is 3.89. The first-order valence-electron chi connectivity index (χ1n) is 6.95. The van der Waals surface area contributed by atoms with Gasteiger partial charge in [-0.1, -0.05) is 25.7 Å². The molecule has 1 saturated carbocycles. The summed E-state index contributed by atoms with van der Waals surface area (Å²) >= 11 is 0. The molecule has 2 rings (SSSR count). The Hall–Kier alpha value is -1.92. The molecule has 1 aliphatic carbocycles. The van der Waals surface area contributed by atoms with Crippen LogP contribution in [0.25, 0.3) is 0 Å². The van der Waals surface area contributed by atoms with E-state index < -0.39 is 17.4 Å². The van der Waals surface area contributed by atoms with Gasteiger partial charge in [0.25, 0.3) is 5.91 Å². The second kappa shape index (κ2) is 6.02. The van der Waals surface area contributed by atoms with Gasteiger partial charge < -0.3 is 10.4 Å². The van der Waals surface area contributed by atoms with Crippen LogP contribution in [0, 0.1) is 0 Å². The SMILES string of the molecule is O=C1CCC(C(=O)NC2(C(=O)O)CCCCCC2)=NN1. The standard InChI is InChI=1S/C13H19N3O4/c17-10-6-5-9(15-16-10)11(18)14-13(12(19)20)7-3-1-2-4-8-13/h1-8H2,(H,14,18)(H,16,17)(H,19,20). The van der Waals surface area contributed by atoms with Crippen LogP contribution >= 0.6 is 0 Å². The molecule has 0 spiro atoms. The van der Waals surface area contributed by atoms with Gasteiger partial charge in [-0.3, -0.25) is 9.59 Å². The summed E-state index contributed by atoms with van der Waals surface area (Å²) in [4.78, 5) is 34.7. The molecule has 1 heterocycles. The van der Waals surface area contributed by atoms with Crippen molar-refractivity contribution in [3.05, 3.63) is 0 Å². The lowest BCUT2D eigenvalue weighted by Crippen LogP contribution is -2.56. The number of nitrogens with one attached hydrogen (secondary N) is 2. The maximum absolute atomic E-state index is 12.1. The molecule has 0 aromatic heterocycles. The van der Waals surface area contributed by atoms with E-state index in [0.717, 1.165) is 25.7 Å². The first-order chi connectivity index (χ1) is 9.53. The van der Waals surface area contributed by atoms with Gasteiger partial charge in [-0.05, 0) is 12.8 Å². The molecule has 2 amide bonds. The highest BCUT2D eigenvalue weighted by Crippen LogP contribution is 2.27. The van der Waals surface area contributed by atoms with Gasteiger partial charge in [-0.2, -0.15) is 5.10 Å². The Balaban J connectivity index is 2.09. The lowest BCUT2D eigenvalue weighted by Gasteiger charge is -2.29. The third kappa shape index (κ3) is 3.15. The zero-order valence-corrected chi connectivity index (χ0v) is 11.3. The van der Waals surface area contributed by atoms with E-state index in [2.05, 4.69) is 15.8 Å². The van der Waals surface area contributed by atoms with Crippen LogP contribution in [0.4, 0.5) is 0 Å². The number of carbonyl (C=O) groups is 3. The summed E-state index contributed by atoms with van der Waals surface area (Å²) in [6, 6.07) is 0. The molecule has 0 atom stereocenters. The Morgan fingerprint density at radius 1 is 1.15 bits per heavy atom. The number of hydrazone groups is 1. The van der Waals surface area contributed by atoms with Gasteiger partial charge in [0, 0.05) is 12.8 Å². The van der Waals surface area contributed by atoms with Crippen LogP contribution in [-0.2, 0) is 14.4 Å². The van der Waals surface area contributed by atoms with Crippen LogP contribution in [0.2, 0.25) is 0 Å². The maximum Gasteiger partial charge on any atom is 0.329 e. The van der Waals surface area contributed by atoms with E-state index >= 15 is 0 Å². The van der Waals surface area contributed by atoms with Crippen LogP contribution in [0.5, 0.6) is 0 Å². The molecular formula is C13H19N3O4. The minimum atomic E-state index is -1.20. The quantitative estimate of drug-likeness (QED) is 0.656. The summed E-state index contributed by atoms with van der Waals surface area (Å²) in [6.45, 7) is 0. The van der Waals surface area contributed by atoms with Gasteiger partial charge in [0.15, 0.2) is 0 Å². The van der Waals surface area contributed by atoms with Gasteiger partial charge in [0.05, 0.1) is 0 Å². The van der Waals surface area contributed by atoms with Gasteiger partial charge in [0.1, 0.15) is 11.3 Å². The Kier molecular flexibility index (Phi) is 4.36. The number of carboxylic acids is 1. The van der Waals surface area contributed by atoms with E-state index in [0.29, 0.717) is 12.8 Å². The fourth-order valence-electron chi connectivity index (χ4n) is 2.65. The Bertz CT molecular complexity index is 451. The number of carboxylic acid groups (broad SMARTS) is 1. The highest BCUT2D eigenvalue weighted by atomic mass is 16.4. The molecule has 7 nitrogen and oxygen atoms in total. The minimum absolute atomic E-state index is 0.189. The minimum Gasteiger partial charge on any atom is -0.480 e. The highest BCUT2D eigenvalue weighted by Gasteiger charge is 2.41. The molecule has 110 valence electrons. The van der Waals surface area contributed by atoms with E-state index in [-0.39, 0.29) is 24.5 Å². The number of rotatable bonds is 3. The summed E-state index contributed by atoms with van der Waals surface area (Å²) in [6.07, 6.45) is 4.87. The number of hydrogen-bond donors (Lipinski definition) is 3. The number of hydrogen-bond acceptors (Lipinski definition) is 4. The van der Waals surface area contributed by atoms with E-state index in [9.17, 15) is 19.5 Å². The number of carbonyl (C=O) groups excluding carboxylic acids is 2. The van der Waals surface area contributed by atoms with Gasteiger partial charge in [-0.15, -0.1) is 0 Å². The number of aliphatic carboxylic acids is 1. The summed E-state index contributed by atoms with van der Waals surface area (Å²) in [5, 5.41) is 15.8. The van der Waals surface area contributed by atoms with Crippen molar-refractivity contribution < 1.29 is 19.5 Å². The molecule has 7 heteroatoms. The molecule has 1 aliphatic heterocycles. The van der Waals surface area contributed by atoms with E-state index in [4.69, 9.17) is 0 Å². The maximum atomic E-state index is 12.1. The van der Waals surface area contributed by atoms with Crippen molar-refractivity contribution in [3.63, 3.8) is 0 Å².